The van der Waals surface area contributed by atoms with Gasteiger partial charge in [0.1, 0.15) is 5.54 Å². The first-order valence-corrected chi connectivity index (χ1v) is 5.48. The summed E-state index contributed by atoms with van der Waals surface area (Å²) < 4.78 is 4.82. The minimum absolute atomic E-state index is 0.0327. The van der Waals surface area contributed by atoms with E-state index in [4.69, 9.17) is 21.1 Å². The molecule has 1 heterocycles. The van der Waals surface area contributed by atoms with Crippen molar-refractivity contribution in [2.75, 3.05) is 6.54 Å². The van der Waals surface area contributed by atoms with Crippen LogP contribution in [0, 0.1) is 0 Å². The molecule has 0 atom stereocenters. The van der Waals surface area contributed by atoms with Gasteiger partial charge in [0.15, 0.2) is 0 Å². The van der Waals surface area contributed by atoms with Gasteiger partial charge < -0.3 is 14.4 Å². The van der Waals surface area contributed by atoms with Crippen LogP contribution in [0.15, 0.2) is 16.7 Å². The standard InChI is InChI=1S/C11H14ClNO4/c1-4-13(11(2,3)10(15)16)9(14)7-5-6-17-8(7)12/h5-6H,4H2,1-3H3,(H,15,16). The van der Waals surface area contributed by atoms with Crippen LogP contribution in [-0.2, 0) is 4.79 Å². The van der Waals surface area contributed by atoms with Gasteiger partial charge >= 0.3 is 5.97 Å². The summed E-state index contributed by atoms with van der Waals surface area (Å²) in [6.45, 7) is 4.89. The van der Waals surface area contributed by atoms with Gasteiger partial charge in [-0.2, -0.15) is 0 Å². The van der Waals surface area contributed by atoms with Crippen molar-refractivity contribution in [1.82, 2.24) is 4.90 Å². The molecule has 0 bridgehead atoms. The Bertz CT molecular complexity index is 438. The molecule has 6 heteroatoms. The number of halogens is 1. The van der Waals surface area contributed by atoms with Gasteiger partial charge in [0.05, 0.1) is 11.8 Å². The smallest absolute Gasteiger partial charge is 0.329 e. The number of rotatable bonds is 4. The van der Waals surface area contributed by atoms with Crippen LogP contribution in [0.25, 0.3) is 0 Å². The van der Waals surface area contributed by atoms with Gasteiger partial charge in [-0.15, -0.1) is 0 Å². The highest BCUT2D eigenvalue weighted by Gasteiger charge is 2.38. The minimum atomic E-state index is -1.30. The van der Waals surface area contributed by atoms with E-state index >= 15 is 0 Å². The number of carboxylic acid groups (broad SMARTS) is 1. The van der Waals surface area contributed by atoms with E-state index in [2.05, 4.69) is 0 Å². The highest BCUT2D eigenvalue weighted by atomic mass is 35.5. The van der Waals surface area contributed by atoms with Gasteiger partial charge in [-0.25, -0.2) is 4.79 Å². The van der Waals surface area contributed by atoms with Crippen molar-refractivity contribution >= 4 is 23.5 Å². The zero-order valence-electron chi connectivity index (χ0n) is 9.86. The van der Waals surface area contributed by atoms with Crippen molar-refractivity contribution in [2.24, 2.45) is 0 Å². The molecule has 1 aromatic rings. The topological polar surface area (TPSA) is 70.8 Å². The predicted molar refractivity (Wildman–Crippen MR) is 62.1 cm³/mol. The molecule has 1 N–H and O–H groups in total. The molecule has 5 nitrogen and oxygen atoms in total. The number of nitrogens with zero attached hydrogens (tertiary/aromatic N) is 1. The molecule has 0 saturated heterocycles. The van der Waals surface area contributed by atoms with E-state index in [9.17, 15) is 9.59 Å². The molecule has 0 aliphatic rings. The fraction of sp³-hybridized carbons (Fsp3) is 0.455. The number of hydrogen-bond donors (Lipinski definition) is 1. The van der Waals surface area contributed by atoms with E-state index in [1.807, 2.05) is 0 Å². The first-order valence-electron chi connectivity index (χ1n) is 5.10. The van der Waals surface area contributed by atoms with Gasteiger partial charge in [-0.3, -0.25) is 4.79 Å². The number of hydrogen-bond acceptors (Lipinski definition) is 3. The predicted octanol–water partition coefficient (Wildman–Crippen LogP) is 2.26. The third-order valence-corrected chi connectivity index (χ3v) is 2.90. The Morgan fingerprint density at radius 2 is 2.12 bits per heavy atom. The number of carboxylic acids is 1. The number of amides is 1. The maximum atomic E-state index is 12.1. The van der Waals surface area contributed by atoms with E-state index in [1.54, 1.807) is 6.92 Å². The second-order valence-electron chi connectivity index (χ2n) is 4.02. The Balaban J connectivity index is 3.09. The maximum absolute atomic E-state index is 12.1. The van der Waals surface area contributed by atoms with Crippen molar-refractivity contribution in [3.8, 4) is 0 Å². The summed E-state index contributed by atoms with van der Waals surface area (Å²) in [7, 11) is 0. The van der Waals surface area contributed by atoms with Crippen LogP contribution in [0.1, 0.15) is 31.1 Å². The summed E-state index contributed by atoms with van der Waals surface area (Å²) in [6, 6.07) is 1.42. The van der Waals surface area contributed by atoms with E-state index in [1.165, 1.54) is 31.1 Å². The molecule has 0 aromatic carbocycles. The van der Waals surface area contributed by atoms with Crippen LogP contribution in [0.2, 0.25) is 5.22 Å². The number of aliphatic carboxylic acids is 1. The lowest BCUT2D eigenvalue weighted by Gasteiger charge is -2.33. The zero-order valence-corrected chi connectivity index (χ0v) is 10.6. The summed E-state index contributed by atoms with van der Waals surface area (Å²) in [4.78, 5) is 24.5. The summed E-state index contributed by atoms with van der Waals surface area (Å²) in [5.41, 5.74) is -1.13. The van der Waals surface area contributed by atoms with E-state index in [-0.39, 0.29) is 17.3 Å². The molecule has 17 heavy (non-hydrogen) atoms. The molecule has 0 unspecified atom stereocenters. The number of carbonyl (C=O) groups excluding carboxylic acids is 1. The summed E-state index contributed by atoms with van der Waals surface area (Å²) in [5.74, 6) is -1.54. The molecule has 0 spiro atoms. The fourth-order valence-corrected chi connectivity index (χ4v) is 1.70. The lowest BCUT2D eigenvalue weighted by Crippen LogP contribution is -2.52. The lowest BCUT2D eigenvalue weighted by atomic mass is 10.0. The highest BCUT2D eigenvalue weighted by Crippen LogP contribution is 2.23. The highest BCUT2D eigenvalue weighted by molar-refractivity contribution is 6.32. The fourth-order valence-electron chi connectivity index (χ4n) is 1.50. The SMILES string of the molecule is CCN(C(=O)c1ccoc1Cl)C(C)(C)C(=O)O. The first kappa shape index (κ1) is 13.6. The monoisotopic (exact) mass is 259 g/mol. The second-order valence-corrected chi connectivity index (χ2v) is 4.36. The average molecular weight is 260 g/mol. The van der Waals surface area contributed by atoms with E-state index < -0.39 is 17.4 Å². The van der Waals surface area contributed by atoms with Gasteiger partial charge in [-0.1, -0.05) is 0 Å². The molecule has 1 rings (SSSR count). The Morgan fingerprint density at radius 3 is 2.47 bits per heavy atom. The molecule has 0 aliphatic heterocycles. The van der Waals surface area contributed by atoms with E-state index in [0.29, 0.717) is 0 Å². The summed E-state index contributed by atoms with van der Waals surface area (Å²) in [5, 5.41) is 9.08. The largest absolute Gasteiger partial charge is 0.480 e. The maximum Gasteiger partial charge on any atom is 0.329 e. The summed E-state index contributed by atoms with van der Waals surface area (Å²) in [6.07, 6.45) is 1.29. The minimum Gasteiger partial charge on any atom is -0.480 e. The molecule has 0 radical (unpaired) electrons. The first-order chi connectivity index (χ1) is 7.82. The molecular weight excluding hydrogens is 246 g/mol. The van der Waals surface area contributed by atoms with Gasteiger partial charge in [0.25, 0.3) is 5.91 Å². The Labute approximate surface area is 104 Å². The zero-order chi connectivity index (χ0) is 13.2. The Morgan fingerprint density at radius 1 is 1.53 bits per heavy atom. The quantitative estimate of drug-likeness (QED) is 0.900. The Kier molecular flexibility index (Phi) is 3.83. The van der Waals surface area contributed by atoms with Gasteiger partial charge in [-0.05, 0) is 38.4 Å². The molecular formula is C11H14ClNO4. The molecule has 1 aromatic heterocycles. The van der Waals surface area contributed by atoms with Gasteiger partial charge in [0.2, 0.25) is 5.22 Å². The number of furan rings is 1. The van der Waals surface area contributed by atoms with Crippen LogP contribution in [-0.4, -0.2) is 34.0 Å². The molecule has 0 fully saturated rings. The molecule has 94 valence electrons. The normalized spacial score (nSPS) is 11.3. The number of carbonyl (C=O) groups is 2. The van der Waals surface area contributed by atoms with Crippen LogP contribution < -0.4 is 0 Å². The van der Waals surface area contributed by atoms with Crippen molar-refractivity contribution in [3.63, 3.8) is 0 Å². The van der Waals surface area contributed by atoms with Crippen LogP contribution in [0.3, 0.4) is 0 Å². The van der Waals surface area contributed by atoms with Crippen molar-refractivity contribution in [3.05, 3.63) is 23.1 Å². The third-order valence-electron chi connectivity index (χ3n) is 2.61. The second kappa shape index (κ2) is 4.79. The Hall–Kier alpha value is -1.49. The van der Waals surface area contributed by atoms with Crippen molar-refractivity contribution < 1.29 is 19.1 Å². The third kappa shape index (κ3) is 2.44. The molecule has 0 aliphatic carbocycles. The molecule has 0 saturated carbocycles. The van der Waals surface area contributed by atoms with Crippen molar-refractivity contribution in [2.45, 2.75) is 26.3 Å². The van der Waals surface area contributed by atoms with Crippen molar-refractivity contribution in [1.29, 1.82) is 0 Å². The van der Waals surface area contributed by atoms with Crippen LogP contribution in [0.4, 0.5) is 0 Å². The summed E-state index contributed by atoms with van der Waals surface area (Å²) >= 11 is 5.70. The average Bonchev–Trinajstić information content (AvgIpc) is 2.64. The number of likely N-dealkylation sites (N-methyl/N-ethyl adjacent to an activating group) is 1. The molecule has 1 amide bonds. The lowest BCUT2D eigenvalue weighted by molar-refractivity contribution is -0.147. The van der Waals surface area contributed by atoms with Gasteiger partial charge in [0, 0.05) is 6.54 Å². The van der Waals surface area contributed by atoms with Crippen LogP contribution in [0.5, 0.6) is 0 Å². The van der Waals surface area contributed by atoms with E-state index in [0.717, 1.165) is 0 Å². The van der Waals surface area contributed by atoms with Crippen LogP contribution >= 0.6 is 11.6 Å².